The zero-order valence-electron chi connectivity index (χ0n) is 9.70. The van der Waals surface area contributed by atoms with Crippen LogP contribution in [0.1, 0.15) is 25.7 Å². The number of hydrogen-bond acceptors (Lipinski definition) is 4. The highest BCUT2D eigenvalue weighted by Crippen LogP contribution is 2.29. The van der Waals surface area contributed by atoms with Crippen LogP contribution in [0.5, 0.6) is 0 Å². The Hall–Kier alpha value is -0.260. The SMILES string of the molecule is CSC1CCCC1NC(=O)C1(N)CCOC1. The lowest BCUT2D eigenvalue weighted by Crippen LogP contribution is -2.57. The van der Waals surface area contributed by atoms with E-state index in [0.717, 1.165) is 6.42 Å². The fourth-order valence-corrected chi connectivity index (χ4v) is 3.38. The summed E-state index contributed by atoms with van der Waals surface area (Å²) in [6.07, 6.45) is 6.21. The molecule has 92 valence electrons. The van der Waals surface area contributed by atoms with Gasteiger partial charge >= 0.3 is 0 Å². The standard InChI is InChI=1S/C11H20N2O2S/c1-16-9-4-2-3-8(9)13-10(14)11(12)5-6-15-7-11/h8-9H,2-7,12H2,1H3,(H,13,14). The Labute approximate surface area is 101 Å². The molecule has 1 saturated heterocycles. The van der Waals surface area contributed by atoms with E-state index in [1.807, 2.05) is 11.8 Å². The van der Waals surface area contributed by atoms with E-state index in [2.05, 4.69) is 11.6 Å². The van der Waals surface area contributed by atoms with Crippen LogP contribution in [0.2, 0.25) is 0 Å². The van der Waals surface area contributed by atoms with Crippen molar-refractivity contribution < 1.29 is 9.53 Å². The van der Waals surface area contributed by atoms with Gasteiger partial charge in [0.1, 0.15) is 5.54 Å². The van der Waals surface area contributed by atoms with E-state index in [1.165, 1.54) is 12.8 Å². The number of thioether (sulfide) groups is 1. The quantitative estimate of drug-likeness (QED) is 0.759. The van der Waals surface area contributed by atoms with Crippen molar-refractivity contribution in [3.05, 3.63) is 0 Å². The molecule has 1 saturated carbocycles. The number of ether oxygens (including phenoxy) is 1. The number of hydrogen-bond donors (Lipinski definition) is 2. The van der Waals surface area contributed by atoms with Crippen LogP contribution in [0.4, 0.5) is 0 Å². The molecule has 0 aromatic rings. The summed E-state index contributed by atoms with van der Waals surface area (Å²) in [5.74, 6) is -0.0315. The molecular weight excluding hydrogens is 224 g/mol. The zero-order valence-corrected chi connectivity index (χ0v) is 10.5. The summed E-state index contributed by atoms with van der Waals surface area (Å²) >= 11 is 1.84. The highest BCUT2D eigenvalue weighted by atomic mass is 32.2. The molecule has 0 spiro atoms. The summed E-state index contributed by atoms with van der Waals surface area (Å²) in [5.41, 5.74) is 5.24. The Morgan fingerprint density at radius 3 is 3.00 bits per heavy atom. The predicted octanol–water partition coefficient (Wildman–Crippen LogP) is 0.505. The molecule has 4 nitrogen and oxygen atoms in total. The maximum atomic E-state index is 12.1. The van der Waals surface area contributed by atoms with Crippen molar-refractivity contribution in [1.82, 2.24) is 5.32 Å². The minimum Gasteiger partial charge on any atom is -0.379 e. The predicted molar refractivity (Wildman–Crippen MR) is 65.4 cm³/mol. The minimum atomic E-state index is -0.786. The number of carbonyl (C=O) groups is 1. The monoisotopic (exact) mass is 244 g/mol. The highest BCUT2D eigenvalue weighted by Gasteiger charge is 2.40. The fraction of sp³-hybridized carbons (Fsp3) is 0.909. The number of rotatable bonds is 3. The second-order valence-corrected chi connectivity index (χ2v) is 5.82. The van der Waals surface area contributed by atoms with Crippen LogP contribution in [-0.4, -0.2) is 42.2 Å². The van der Waals surface area contributed by atoms with Crippen molar-refractivity contribution in [2.45, 2.75) is 42.5 Å². The summed E-state index contributed by atoms with van der Waals surface area (Å²) in [6.45, 7) is 0.954. The average molecular weight is 244 g/mol. The summed E-state index contributed by atoms with van der Waals surface area (Å²) in [6, 6.07) is 0.295. The van der Waals surface area contributed by atoms with Gasteiger partial charge in [0.25, 0.3) is 0 Å². The molecule has 1 amide bonds. The second-order valence-electron chi connectivity index (χ2n) is 4.74. The third-order valence-electron chi connectivity index (χ3n) is 3.58. The number of nitrogens with one attached hydrogen (secondary N) is 1. The van der Waals surface area contributed by atoms with Crippen LogP contribution < -0.4 is 11.1 Å². The van der Waals surface area contributed by atoms with Crippen molar-refractivity contribution in [2.24, 2.45) is 5.73 Å². The molecule has 1 aliphatic carbocycles. The van der Waals surface area contributed by atoms with E-state index in [9.17, 15) is 4.79 Å². The lowest BCUT2D eigenvalue weighted by molar-refractivity contribution is -0.127. The Bertz CT molecular complexity index is 267. The van der Waals surface area contributed by atoms with Gasteiger partial charge in [0, 0.05) is 17.9 Å². The van der Waals surface area contributed by atoms with E-state index in [-0.39, 0.29) is 5.91 Å². The molecule has 0 bridgehead atoms. The van der Waals surface area contributed by atoms with E-state index in [0.29, 0.717) is 30.9 Å². The normalized spacial score (nSPS) is 38.9. The highest BCUT2D eigenvalue weighted by molar-refractivity contribution is 7.99. The zero-order chi connectivity index (χ0) is 11.6. The molecule has 16 heavy (non-hydrogen) atoms. The number of amides is 1. The van der Waals surface area contributed by atoms with Crippen LogP contribution >= 0.6 is 11.8 Å². The van der Waals surface area contributed by atoms with Gasteiger partial charge in [-0.05, 0) is 25.5 Å². The van der Waals surface area contributed by atoms with Gasteiger partial charge in [-0.1, -0.05) is 6.42 Å². The maximum Gasteiger partial charge on any atom is 0.242 e. The van der Waals surface area contributed by atoms with Gasteiger partial charge in [-0.15, -0.1) is 0 Å². The van der Waals surface area contributed by atoms with Gasteiger partial charge in [-0.3, -0.25) is 4.79 Å². The topological polar surface area (TPSA) is 64.4 Å². The van der Waals surface area contributed by atoms with Crippen molar-refractivity contribution >= 4 is 17.7 Å². The molecule has 1 aliphatic heterocycles. The first-order valence-electron chi connectivity index (χ1n) is 5.86. The van der Waals surface area contributed by atoms with Gasteiger partial charge in [-0.25, -0.2) is 0 Å². The van der Waals surface area contributed by atoms with Gasteiger partial charge in [0.2, 0.25) is 5.91 Å². The largest absolute Gasteiger partial charge is 0.379 e. The van der Waals surface area contributed by atoms with Gasteiger partial charge in [0.05, 0.1) is 6.61 Å². The van der Waals surface area contributed by atoms with E-state index < -0.39 is 5.54 Å². The van der Waals surface area contributed by atoms with Crippen molar-refractivity contribution in [2.75, 3.05) is 19.5 Å². The molecule has 2 rings (SSSR count). The fourth-order valence-electron chi connectivity index (χ4n) is 2.45. The summed E-state index contributed by atoms with van der Waals surface area (Å²) < 4.78 is 5.21. The molecule has 1 heterocycles. The summed E-state index contributed by atoms with van der Waals surface area (Å²) in [4.78, 5) is 12.1. The van der Waals surface area contributed by atoms with Gasteiger partial charge in [-0.2, -0.15) is 11.8 Å². The molecule has 0 radical (unpaired) electrons. The number of nitrogens with two attached hydrogens (primary N) is 1. The molecule has 0 aromatic carbocycles. The summed E-state index contributed by atoms with van der Waals surface area (Å²) in [7, 11) is 0. The van der Waals surface area contributed by atoms with Gasteiger partial charge < -0.3 is 15.8 Å². The Morgan fingerprint density at radius 2 is 2.38 bits per heavy atom. The molecule has 3 N–H and O–H groups in total. The molecule has 5 heteroatoms. The van der Waals surface area contributed by atoms with E-state index in [1.54, 1.807) is 0 Å². The van der Waals surface area contributed by atoms with Crippen molar-refractivity contribution in [3.63, 3.8) is 0 Å². The molecule has 0 aromatic heterocycles. The van der Waals surface area contributed by atoms with Crippen LogP contribution in [0.25, 0.3) is 0 Å². The minimum absolute atomic E-state index is 0.0315. The van der Waals surface area contributed by atoms with Crippen LogP contribution in [-0.2, 0) is 9.53 Å². The van der Waals surface area contributed by atoms with Crippen molar-refractivity contribution in [1.29, 1.82) is 0 Å². The molecule has 3 atom stereocenters. The first kappa shape index (κ1) is 12.2. The average Bonchev–Trinajstić information content (AvgIpc) is 2.87. The smallest absolute Gasteiger partial charge is 0.242 e. The van der Waals surface area contributed by atoms with Crippen LogP contribution in [0, 0.1) is 0 Å². The first-order valence-corrected chi connectivity index (χ1v) is 7.15. The van der Waals surface area contributed by atoms with E-state index in [4.69, 9.17) is 10.5 Å². The van der Waals surface area contributed by atoms with Crippen LogP contribution in [0.3, 0.4) is 0 Å². The Morgan fingerprint density at radius 1 is 1.56 bits per heavy atom. The Kier molecular flexibility index (Phi) is 3.77. The lowest BCUT2D eigenvalue weighted by atomic mass is 9.98. The third-order valence-corrected chi connectivity index (χ3v) is 4.75. The number of carbonyl (C=O) groups excluding carboxylic acids is 1. The second kappa shape index (κ2) is 4.94. The molecule has 2 fully saturated rings. The lowest BCUT2D eigenvalue weighted by Gasteiger charge is -2.26. The molecule has 3 unspecified atom stereocenters. The van der Waals surface area contributed by atoms with Crippen molar-refractivity contribution in [3.8, 4) is 0 Å². The maximum absolute atomic E-state index is 12.1. The third kappa shape index (κ3) is 2.36. The summed E-state index contributed by atoms with van der Waals surface area (Å²) in [5, 5.41) is 3.65. The molecular formula is C11H20N2O2S. The van der Waals surface area contributed by atoms with E-state index >= 15 is 0 Å². The Balaban J connectivity index is 1.91. The van der Waals surface area contributed by atoms with Gasteiger partial charge in [0.15, 0.2) is 0 Å². The van der Waals surface area contributed by atoms with Crippen LogP contribution in [0.15, 0.2) is 0 Å². The molecule has 2 aliphatic rings. The first-order chi connectivity index (χ1) is 7.65.